The monoisotopic (exact) mass is 253 g/mol. The van der Waals surface area contributed by atoms with Crippen molar-refractivity contribution in [1.82, 2.24) is 0 Å². The third kappa shape index (κ3) is 3.44. The zero-order valence-corrected chi connectivity index (χ0v) is 10.5. The fraction of sp³-hybridized carbons (Fsp3) is 0.417. The summed E-state index contributed by atoms with van der Waals surface area (Å²) < 4.78 is 10.2. The Bertz CT molecular complexity index is 458. The Balaban J connectivity index is 2.86. The molecule has 0 saturated carbocycles. The van der Waals surface area contributed by atoms with E-state index in [-0.39, 0.29) is 12.3 Å². The molecule has 0 radical (unpaired) electrons. The summed E-state index contributed by atoms with van der Waals surface area (Å²) in [6.07, 6.45) is -0.800. The van der Waals surface area contributed by atoms with Crippen LogP contribution in [0.4, 0.5) is 5.69 Å². The first kappa shape index (κ1) is 14.0. The Morgan fingerprint density at radius 3 is 2.72 bits per heavy atom. The van der Waals surface area contributed by atoms with Gasteiger partial charge in [-0.15, -0.1) is 0 Å². The number of aryl methyl sites for hydroxylation is 1. The van der Waals surface area contributed by atoms with Crippen molar-refractivity contribution in [1.29, 1.82) is 0 Å². The molecule has 0 saturated heterocycles. The second-order valence-electron chi connectivity index (χ2n) is 3.72. The quantitative estimate of drug-likeness (QED) is 0.456. The van der Waals surface area contributed by atoms with Crippen molar-refractivity contribution in [3.05, 3.63) is 33.9 Å². The van der Waals surface area contributed by atoms with Crippen LogP contribution in [0.15, 0.2) is 18.2 Å². The van der Waals surface area contributed by atoms with E-state index in [2.05, 4.69) is 0 Å². The van der Waals surface area contributed by atoms with Gasteiger partial charge < -0.3 is 9.47 Å². The van der Waals surface area contributed by atoms with Crippen LogP contribution in [-0.2, 0) is 9.53 Å². The van der Waals surface area contributed by atoms with Gasteiger partial charge in [-0.3, -0.25) is 10.1 Å². The lowest BCUT2D eigenvalue weighted by Gasteiger charge is -2.14. The average molecular weight is 253 g/mol. The molecule has 0 bridgehead atoms. The van der Waals surface area contributed by atoms with Crippen LogP contribution >= 0.6 is 0 Å². The summed E-state index contributed by atoms with van der Waals surface area (Å²) in [6.45, 7) is 5.25. The molecule has 1 aromatic carbocycles. The van der Waals surface area contributed by atoms with E-state index >= 15 is 0 Å². The highest BCUT2D eigenvalue weighted by Gasteiger charge is 2.18. The van der Waals surface area contributed by atoms with Gasteiger partial charge >= 0.3 is 5.97 Å². The van der Waals surface area contributed by atoms with Crippen molar-refractivity contribution >= 4 is 11.7 Å². The highest BCUT2D eigenvalue weighted by Crippen LogP contribution is 2.25. The molecule has 0 aliphatic rings. The van der Waals surface area contributed by atoms with E-state index in [0.717, 1.165) is 5.56 Å². The smallest absolute Gasteiger partial charge is 0.347 e. The number of nitrogens with zero attached hydrogens (tertiary/aromatic N) is 1. The van der Waals surface area contributed by atoms with E-state index in [9.17, 15) is 14.9 Å². The van der Waals surface area contributed by atoms with E-state index in [1.807, 2.05) is 0 Å². The molecular formula is C12H15NO5. The standard InChI is InChI=1S/C12H15NO5/c1-4-17-12(14)9(3)18-11-7-10(13(15)16)6-5-8(11)2/h5-7,9H,4H2,1-3H3. The second-order valence-corrected chi connectivity index (χ2v) is 3.72. The Labute approximate surface area is 105 Å². The van der Waals surface area contributed by atoms with Gasteiger partial charge in [0.05, 0.1) is 17.6 Å². The van der Waals surface area contributed by atoms with Gasteiger partial charge in [0.1, 0.15) is 5.75 Å². The number of carbonyl (C=O) groups is 1. The van der Waals surface area contributed by atoms with Gasteiger partial charge in [-0.25, -0.2) is 4.79 Å². The number of benzene rings is 1. The van der Waals surface area contributed by atoms with Gasteiger partial charge in [0.15, 0.2) is 6.10 Å². The van der Waals surface area contributed by atoms with Crippen molar-refractivity contribution < 1.29 is 19.2 Å². The van der Waals surface area contributed by atoms with Crippen LogP contribution in [0.2, 0.25) is 0 Å². The molecule has 18 heavy (non-hydrogen) atoms. The number of carbonyl (C=O) groups excluding carboxylic acids is 1. The molecule has 0 aromatic heterocycles. The maximum Gasteiger partial charge on any atom is 0.347 e. The van der Waals surface area contributed by atoms with E-state index in [1.54, 1.807) is 19.9 Å². The molecule has 0 fully saturated rings. The molecule has 0 heterocycles. The molecule has 6 heteroatoms. The van der Waals surface area contributed by atoms with Crippen molar-refractivity contribution in [2.45, 2.75) is 26.9 Å². The molecule has 0 aliphatic heterocycles. The zero-order valence-electron chi connectivity index (χ0n) is 10.5. The summed E-state index contributed by atoms with van der Waals surface area (Å²) in [7, 11) is 0. The second kappa shape index (κ2) is 6.00. The zero-order chi connectivity index (χ0) is 13.7. The van der Waals surface area contributed by atoms with Crippen molar-refractivity contribution in [3.8, 4) is 5.75 Å². The summed E-state index contributed by atoms with van der Waals surface area (Å²) in [5, 5.41) is 10.6. The molecule has 98 valence electrons. The minimum Gasteiger partial charge on any atom is -0.478 e. The Morgan fingerprint density at radius 2 is 2.17 bits per heavy atom. The fourth-order valence-corrected chi connectivity index (χ4v) is 1.33. The number of ether oxygens (including phenoxy) is 2. The maximum absolute atomic E-state index is 11.4. The summed E-state index contributed by atoms with van der Waals surface area (Å²) in [6, 6.07) is 4.26. The topological polar surface area (TPSA) is 78.7 Å². The van der Waals surface area contributed by atoms with Crippen LogP contribution in [0.25, 0.3) is 0 Å². The molecule has 1 unspecified atom stereocenters. The van der Waals surface area contributed by atoms with Crippen LogP contribution in [0.5, 0.6) is 5.75 Å². The lowest BCUT2D eigenvalue weighted by Crippen LogP contribution is -2.26. The van der Waals surface area contributed by atoms with Gasteiger partial charge in [0, 0.05) is 6.07 Å². The number of esters is 1. The number of nitro groups is 1. The Hall–Kier alpha value is -2.11. The van der Waals surface area contributed by atoms with Crippen LogP contribution < -0.4 is 4.74 Å². The molecule has 1 aromatic rings. The number of non-ortho nitro benzene ring substituents is 1. The molecular weight excluding hydrogens is 238 g/mol. The fourth-order valence-electron chi connectivity index (χ4n) is 1.33. The largest absolute Gasteiger partial charge is 0.478 e. The van der Waals surface area contributed by atoms with Crippen LogP contribution in [0, 0.1) is 17.0 Å². The highest BCUT2D eigenvalue weighted by atomic mass is 16.6. The molecule has 1 rings (SSSR count). The minimum atomic E-state index is -0.800. The van der Waals surface area contributed by atoms with E-state index in [1.165, 1.54) is 19.1 Å². The van der Waals surface area contributed by atoms with Gasteiger partial charge in [-0.05, 0) is 32.4 Å². The lowest BCUT2D eigenvalue weighted by atomic mass is 10.2. The van der Waals surface area contributed by atoms with Crippen LogP contribution in [-0.4, -0.2) is 23.6 Å². The van der Waals surface area contributed by atoms with E-state index < -0.39 is 17.0 Å². The van der Waals surface area contributed by atoms with E-state index in [0.29, 0.717) is 5.75 Å². The van der Waals surface area contributed by atoms with Crippen LogP contribution in [0.3, 0.4) is 0 Å². The molecule has 0 amide bonds. The minimum absolute atomic E-state index is 0.0772. The van der Waals surface area contributed by atoms with Crippen molar-refractivity contribution in [2.24, 2.45) is 0 Å². The van der Waals surface area contributed by atoms with Crippen LogP contribution in [0.1, 0.15) is 19.4 Å². The predicted molar refractivity (Wildman–Crippen MR) is 64.6 cm³/mol. The SMILES string of the molecule is CCOC(=O)C(C)Oc1cc([N+](=O)[O-])ccc1C. The molecule has 0 spiro atoms. The molecule has 0 aliphatic carbocycles. The van der Waals surface area contributed by atoms with Crippen molar-refractivity contribution in [3.63, 3.8) is 0 Å². The van der Waals surface area contributed by atoms with Gasteiger partial charge in [-0.2, -0.15) is 0 Å². The first-order chi connectivity index (χ1) is 8.45. The van der Waals surface area contributed by atoms with Gasteiger partial charge in [0.2, 0.25) is 0 Å². The molecule has 0 N–H and O–H groups in total. The summed E-state index contributed by atoms with van der Waals surface area (Å²) >= 11 is 0. The normalized spacial score (nSPS) is 11.7. The molecule has 1 atom stereocenters. The maximum atomic E-state index is 11.4. The predicted octanol–water partition coefficient (Wildman–Crippen LogP) is 2.23. The molecule has 6 nitrogen and oxygen atoms in total. The van der Waals surface area contributed by atoms with E-state index in [4.69, 9.17) is 9.47 Å². The van der Waals surface area contributed by atoms with Gasteiger partial charge in [0.25, 0.3) is 5.69 Å². The first-order valence-electron chi connectivity index (χ1n) is 5.54. The first-order valence-corrected chi connectivity index (χ1v) is 5.54. The number of hydrogen-bond donors (Lipinski definition) is 0. The Morgan fingerprint density at radius 1 is 1.50 bits per heavy atom. The number of hydrogen-bond acceptors (Lipinski definition) is 5. The Kier molecular flexibility index (Phi) is 4.65. The number of rotatable bonds is 5. The highest BCUT2D eigenvalue weighted by molar-refractivity contribution is 5.74. The third-order valence-electron chi connectivity index (χ3n) is 2.30. The summed E-state index contributed by atoms with van der Waals surface area (Å²) in [5.41, 5.74) is 0.642. The van der Waals surface area contributed by atoms with Gasteiger partial charge in [-0.1, -0.05) is 0 Å². The summed E-state index contributed by atoms with van der Waals surface area (Å²) in [5.74, 6) is -0.187. The average Bonchev–Trinajstić information content (AvgIpc) is 2.31. The summed E-state index contributed by atoms with van der Waals surface area (Å²) in [4.78, 5) is 21.5. The third-order valence-corrected chi connectivity index (χ3v) is 2.30. The number of nitro benzene ring substituents is 1. The van der Waals surface area contributed by atoms with Crippen molar-refractivity contribution in [2.75, 3.05) is 6.61 Å². The lowest BCUT2D eigenvalue weighted by molar-refractivity contribution is -0.385.